The molecular formula is C22H29FN2O4. The summed E-state index contributed by atoms with van der Waals surface area (Å²) in [6.07, 6.45) is 2.99. The van der Waals surface area contributed by atoms with Crippen molar-refractivity contribution in [1.29, 1.82) is 0 Å². The highest BCUT2D eigenvalue weighted by Gasteiger charge is 2.25. The van der Waals surface area contributed by atoms with Gasteiger partial charge in [-0.15, -0.1) is 0 Å². The van der Waals surface area contributed by atoms with Gasteiger partial charge in [-0.2, -0.15) is 0 Å². The van der Waals surface area contributed by atoms with Crippen LogP contribution in [0.1, 0.15) is 46.5 Å². The summed E-state index contributed by atoms with van der Waals surface area (Å²) in [6.45, 7) is 5.88. The number of alkyl carbamates (subject to hydrolysis) is 1. The number of aryl methyl sites for hydroxylation is 1. The number of halogens is 1. The number of carbonyl (C=O) groups is 1. The van der Waals surface area contributed by atoms with E-state index < -0.39 is 17.5 Å². The summed E-state index contributed by atoms with van der Waals surface area (Å²) in [5, 5.41) is 3.67. The number of hydrogen-bond donors (Lipinski definition) is 1. The maximum absolute atomic E-state index is 14.4. The fourth-order valence-corrected chi connectivity index (χ4v) is 3.71. The normalized spacial score (nSPS) is 19.8. The Morgan fingerprint density at radius 2 is 1.83 bits per heavy atom. The van der Waals surface area contributed by atoms with E-state index >= 15 is 0 Å². The first-order chi connectivity index (χ1) is 13.6. The number of benzene rings is 1. The van der Waals surface area contributed by atoms with Gasteiger partial charge in [0.05, 0.1) is 12.1 Å². The number of pyridine rings is 1. The van der Waals surface area contributed by atoms with Gasteiger partial charge in [0, 0.05) is 24.5 Å². The SMILES string of the molecule is Cn1c(=O)ccc2ccc(F)c(OCC3CCC(NC(=O)OC(C)(C)C)CC3)c21. The summed E-state index contributed by atoms with van der Waals surface area (Å²) in [5.74, 6) is -0.0854. The molecule has 3 rings (SSSR count). The van der Waals surface area contributed by atoms with Crippen LogP contribution in [0.5, 0.6) is 5.75 Å². The minimum Gasteiger partial charge on any atom is -0.488 e. The number of carbonyl (C=O) groups excluding carboxylic acids is 1. The van der Waals surface area contributed by atoms with Crippen LogP contribution in [0.3, 0.4) is 0 Å². The minimum atomic E-state index is -0.516. The first-order valence-corrected chi connectivity index (χ1v) is 10.0. The Kier molecular flexibility index (Phi) is 6.15. The number of nitrogens with zero attached hydrogens (tertiary/aromatic N) is 1. The quantitative estimate of drug-likeness (QED) is 0.832. The molecule has 1 aromatic heterocycles. The van der Waals surface area contributed by atoms with Crippen molar-refractivity contribution in [3.63, 3.8) is 0 Å². The zero-order valence-corrected chi connectivity index (χ0v) is 17.5. The molecule has 0 saturated heterocycles. The van der Waals surface area contributed by atoms with Crippen molar-refractivity contribution in [3.8, 4) is 5.75 Å². The van der Waals surface area contributed by atoms with Gasteiger partial charge in [-0.1, -0.05) is 0 Å². The number of rotatable bonds is 4. The van der Waals surface area contributed by atoms with E-state index in [2.05, 4.69) is 5.32 Å². The molecule has 1 heterocycles. The molecule has 1 saturated carbocycles. The first-order valence-electron chi connectivity index (χ1n) is 10.0. The maximum Gasteiger partial charge on any atom is 0.407 e. The molecule has 0 spiro atoms. The number of ether oxygens (including phenoxy) is 2. The van der Waals surface area contributed by atoms with E-state index in [-0.39, 0.29) is 23.3 Å². The lowest BCUT2D eigenvalue weighted by Gasteiger charge is -2.30. The topological polar surface area (TPSA) is 69.6 Å². The Balaban J connectivity index is 1.59. The highest BCUT2D eigenvalue weighted by Crippen LogP contribution is 2.30. The van der Waals surface area contributed by atoms with Crippen molar-refractivity contribution in [2.45, 2.75) is 58.1 Å². The monoisotopic (exact) mass is 404 g/mol. The van der Waals surface area contributed by atoms with E-state index in [1.807, 2.05) is 20.8 Å². The van der Waals surface area contributed by atoms with Gasteiger partial charge in [0.1, 0.15) is 5.60 Å². The molecule has 1 aliphatic rings. The van der Waals surface area contributed by atoms with Crippen LogP contribution in [-0.4, -0.2) is 28.9 Å². The van der Waals surface area contributed by atoms with Crippen molar-refractivity contribution in [2.75, 3.05) is 6.61 Å². The van der Waals surface area contributed by atoms with Crippen molar-refractivity contribution in [1.82, 2.24) is 9.88 Å². The average molecular weight is 404 g/mol. The molecule has 6 nitrogen and oxygen atoms in total. The lowest BCUT2D eigenvalue weighted by Crippen LogP contribution is -2.41. The molecule has 158 valence electrons. The Bertz CT molecular complexity index is 940. The van der Waals surface area contributed by atoms with Gasteiger partial charge in [-0.25, -0.2) is 9.18 Å². The largest absolute Gasteiger partial charge is 0.488 e. The third kappa shape index (κ3) is 5.28. The Morgan fingerprint density at radius 1 is 1.17 bits per heavy atom. The smallest absolute Gasteiger partial charge is 0.407 e. The molecule has 7 heteroatoms. The molecule has 1 aromatic carbocycles. The first kappa shape index (κ1) is 21.1. The fraction of sp³-hybridized carbons (Fsp3) is 0.545. The summed E-state index contributed by atoms with van der Waals surface area (Å²) in [4.78, 5) is 23.9. The van der Waals surface area contributed by atoms with E-state index in [4.69, 9.17) is 9.47 Å². The Morgan fingerprint density at radius 3 is 2.48 bits per heavy atom. The summed E-state index contributed by atoms with van der Waals surface area (Å²) in [6, 6.07) is 6.23. The number of amides is 1. The second kappa shape index (κ2) is 8.43. The van der Waals surface area contributed by atoms with E-state index in [9.17, 15) is 14.0 Å². The van der Waals surface area contributed by atoms with Crippen LogP contribution in [0, 0.1) is 11.7 Å². The molecule has 1 fully saturated rings. The summed E-state index contributed by atoms with van der Waals surface area (Å²) >= 11 is 0. The molecule has 1 aliphatic carbocycles. The van der Waals surface area contributed by atoms with Gasteiger partial charge in [0.15, 0.2) is 11.6 Å². The Labute approximate surface area is 170 Å². The predicted octanol–water partition coefficient (Wildman–Crippen LogP) is 4.14. The lowest BCUT2D eigenvalue weighted by atomic mass is 9.86. The standard InChI is InChI=1S/C22H29FN2O4/c1-22(2,3)29-21(27)24-16-9-5-14(6-10-16)13-28-20-17(23)11-7-15-8-12-18(26)25(4)19(15)20/h7-8,11-12,14,16H,5-6,9-10,13H2,1-4H3,(H,24,27). The van der Waals surface area contributed by atoms with Gasteiger partial charge >= 0.3 is 6.09 Å². The lowest BCUT2D eigenvalue weighted by molar-refractivity contribution is 0.0483. The average Bonchev–Trinajstić information content (AvgIpc) is 2.63. The molecule has 0 unspecified atom stereocenters. The van der Waals surface area contributed by atoms with E-state index in [0.29, 0.717) is 12.1 Å². The number of aromatic nitrogens is 1. The Hall–Kier alpha value is -2.57. The predicted molar refractivity (Wildman–Crippen MR) is 110 cm³/mol. The van der Waals surface area contributed by atoms with Crippen LogP contribution in [0.15, 0.2) is 29.1 Å². The van der Waals surface area contributed by atoms with Gasteiger partial charge in [-0.3, -0.25) is 4.79 Å². The minimum absolute atomic E-state index is 0.0798. The molecular weight excluding hydrogens is 375 g/mol. The summed E-state index contributed by atoms with van der Waals surface area (Å²) in [5.41, 5.74) is -0.253. The highest BCUT2D eigenvalue weighted by atomic mass is 19.1. The summed E-state index contributed by atoms with van der Waals surface area (Å²) < 4.78 is 27.0. The third-order valence-electron chi connectivity index (χ3n) is 5.22. The van der Waals surface area contributed by atoms with E-state index in [0.717, 1.165) is 31.1 Å². The van der Waals surface area contributed by atoms with Gasteiger partial charge in [0.2, 0.25) is 0 Å². The fourth-order valence-electron chi connectivity index (χ4n) is 3.71. The molecule has 1 N–H and O–H groups in total. The zero-order chi connectivity index (χ0) is 21.2. The molecule has 0 radical (unpaired) electrons. The summed E-state index contributed by atoms with van der Waals surface area (Å²) in [7, 11) is 1.62. The van der Waals surface area contributed by atoms with Crippen LogP contribution in [-0.2, 0) is 11.8 Å². The van der Waals surface area contributed by atoms with Crippen molar-refractivity contribution >= 4 is 17.0 Å². The molecule has 0 atom stereocenters. The molecule has 0 bridgehead atoms. The van der Waals surface area contributed by atoms with Crippen LogP contribution >= 0.6 is 0 Å². The number of fused-ring (bicyclic) bond motifs is 1. The zero-order valence-electron chi connectivity index (χ0n) is 17.5. The highest BCUT2D eigenvalue weighted by molar-refractivity contribution is 5.85. The number of nitrogens with one attached hydrogen (secondary N) is 1. The maximum atomic E-state index is 14.4. The van der Waals surface area contributed by atoms with Crippen LogP contribution < -0.4 is 15.6 Å². The molecule has 0 aliphatic heterocycles. The second-order valence-corrected chi connectivity index (χ2v) is 8.72. The molecule has 2 aromatic rings. The van der Waals surface area contributed by atoms with Crippen LogP contribution in [0.25, 0.3) is 10.9 Å². The van der Waals surface area contributed by atoms with Crippen LogP contribution in [0.4, 0.5) is 9.18 Å². The van der Waals surface area contributed by atoms with Gasteiger partial charge in [-0.05, 0) is 70.6 Å². The van der Waals surface area contributed by atoms with Crippen molar-refractivity contribution < 1.29 is 18.7 Å². The second-order valence-electron chi connectivity index (χ2n) is 8.72. The molecule has 29 heavy (non-hydrogen) atoms. The van der Waals surface area contributed by atoms with Crippen molar-refractivity contribution in [2.24, 2.45) is 13.0 Å². The van der Waals surface area contributed by atoms with Gasteiger partial charge in [0.25, 0.3) is 5.56 Å². The third-order valence-corrected chi connectivity index (χ3v) is 5.22. The van der Waals surface area contributed by atoms with E-state index in [1.54, 1.807) is 19.2 Å². The van der Waals surface area contributed by atoms with Crippen LogP contribution in [0.2, 0.25) is 0 Å². The van der Waals surface area contributed by atoms with Crippen molar-refractivity contribution in [3.05, 3.63) is 40.4 Å². The molecule has 1 amide bonds. The van der Waals surface area contributed by atoms with Gasteiger partial charge < -0.3 is 19.4 Å². The number of hydrogen-bond acceptors (Lipinski definition) is 4. The van der Waals surface area contributed by atoms with E-state index in [1.165, 1.54) is 16.7 Å².